The Kier molecular flexibility index (Phi) is 10.8. The Morgan fingerprint density at radius 3 is 1.32 bits per heavy atom. The first-order valence-corrected chi connectivity index (χ1v) is 5.91. The molecule has 0 N–H and O–H groups in total. The average molecular weight is 350 g/mol. The lowest BCUT2D eigenvalue weighted by Gasteiger charge is -2.27. The number of halogens is 4. The molecule has 0 heterocycles. The van der Waals surface area contributed by atoms with Crippen LogP contribution in [-0.4, -0.2) is 0 Å². The van der Waals surface area contributed by atoms with Crippen molar-refractivity contribution in [2.75, 3.05) is 0 Å². The normalized spacial score (nSPS) is 10.7. The zero-order valence-electron chi connectivity index (χ0n) is 12.2. The highest BCUT2D eigenvalue weighted by Gasteiger charge is 2.26. The summed E-state index contributed by atoms with van der Waals surface area (Å²) in [5, 5.41) is 0. The van der Waals surface area contributed by atoms with Gasteiger partial charge < -0.3 is 4.29 Å². The predicted octanol–water partition coefficient (Wildman–Crippen LogP) is 6.08. The maximum absolute atomic E-state index is 5.65. The standard InChI is InChI=1S/C14H21ClO.3ClH/c1-13(2,3)10-8-7-9-11(12(10)16-15)14(4,5)6;;;/h7-9H,1-6H3;3*1H. The number of benzene rings is 1. The van der Waals surface area contributed by atoms with Gasteiger partial charge in [-0.2, -0.15) is 0 Å². The van der Waals surface area contributed by atoms with Crippen LogP contribution in [0.4, 0.5) is 0 Å². The molecule has 0 aromatic heterocycles. The van der Waals surface area contributed by atoms with Gasteiger partial charge in [0, 0.05) is 11.1 Å². The van der Waals surface area contributed by atoms with E-state index >= 15 is 0 Å². The molecule has 0 saturated heterocycles. The van der Waals surface area contributed by atoms with E-state index in [1.807, 2.05) is 0 Å². The molecule has 114 valence electrons. The van der Waals surface area contributed by atoms with Crippen LogP contribution in [0.5, 0.6) is 5.75 Å². The number of hydrogen-bond acceptors (Lipinski definition) is 1. The maximum atomic E-state index is 5.65. The highest BCUT2D eigenvalue weighted by Crippen LogP contribution is 2.39. The van der Waals surface area contributed by atoms with Crippen LogP contribution in [0.25, 0.3) is 0 Å². The van der Waals surface area contributed by atoms with Crippen LogP contribution in [0.1, 0.15) is 52.7 Å². The molecule has 0 aliphatic heterocycles. The SMILES string of the molecule is CC(C)(C)c1cccc(C(C)(C)C)c1OCl.Cl.Cl.Cl. The largest absolute Gasteiger partial charge is 0.385 e. The average Bonchev–Trinajstić information content (AvgIpc) is 2.13. The third-order valence-electron chi connectivity index (χ3n) is 2.71. The summed E-state index contributed by atoms with van der Waals surface area (Å²) in [6.45, 7) is 13.0. The van der Waals surface area contributed by atoms with Crippen LogP contribution >= 0.6 is 49.1 Å². The van der Waals surface area contributed by atoms with Gasteiger partial charge in [0.25, 0.3) is 0 Å². The van der Waals surface area contributed by atoms with Crippen LogP contribution in [0.3, 0.4) is 0 Å². The monoisotopic (exact) mass is 348 g/mol. The number of para-hydroxylation sites is 1. The van der Waals surface area contributed by atoms with Gasteiger partial charge in [0.05, 0.1) is 0 Å². The first-order valence-electron chi connectivity index (χ1n) is 5.60. The predicted molar refractivity (Wildman–Crippen MR) is 92.1 cm³/mol. The summed E-state index contributed by atoms with van der Waals surface area (Å²) in [5.74, 6) is 0.809. The van der Waals surface area contributed by atoms with E-state index in [9.17, 15) is 0 Å². The first kappa shape index (κ1) is 24.2. The minimum absolute atomic E-state index is 0. The van der Waals surface area contributed by atoms with E-state index < -0.39 is 0 Å². The maximum Gasteiger partial charge on any atom is 0.153 e. The van der Waals surface area contributed by atoms with Gasteiger partial charge in [-0.15, -0.1) is 37.2 Å². The Morgan fingerprint density at radius 2 is 1.11 bits per heavy atom. The number of rotatable bonds is 1. The van der Waals surface area contributed by atoms with Crippen molar-refractivity contribution in [3.8, 4) is 5.75 Å². The lowest BCUT2D eigenvalue weighted by molar-refractivity contribution is 0.502. The molecule has 0 unspecified atom stereocenters. The van der Waals surface area contributed by atoms with Crippen LogP contribution in [0.2, 0.25) is 0 Å². The van der Waals surface area contributed by atoms with Gasteiger partial charge in [-0.05, 0) is 10.8 Å². The van der Waals surface area contributed by atoms with Crippen LogP contribution < -0.4 is 4.29 Å². The van der Waals surface area contributed by atoms with Crippen LogP contribution in [-0.2, 0) is 10.8 Å². The second-order valence-corrected chi connectivity index (χ2v) is 6.41. The van der Waals surface area contributed by atoms with Gasteiger partial charge in [-0.3, -0.25) is 0 Å². The Balaban J connectivity index is -0.000000853. The van der Waals surface area contributed by atoms with Gasteiger partial charge in [-0.1, -0.05) is 59.7 Å². The van der Waals surface area contributed by atoms with Crippen molar-refractivity contribution in [1.29, 1.82) is 0 Å². The number of hydrogen-bond donors (Lipinski definition) is 0. The van der Waals surface area contributed by atoms with Crippen molar-refractivity contribution < 1.29 is 4.29 Å². The van der Waals surface area contributed by atoms with Crippen LogP contribution in [0.15, 0.2) is 18.2 Å². The Hall–Kier alpha value is 0.180. The molecule has 0 amide bonds. The van der Waals surface area contributed by atoms with Crippen molar-refractivity contribution in [2.24, 2.45) is 0 Å². The molecule has 0 fully saturated rings. The molecule has 0 spiro atoms. The molecule has 1 rings (SSSR count). The van der Waals surface area contributed by atoms with Gasteiger partial charge in [0.2, 0.25) is 0 Å². The second-order valence-electron chi connectivity index (χ2n) is 6.26. The van der Waals surface area contributed by atoms with Crippen molar-refractivity contribution in [3.63, 3.8) is 0 Å². The molecule has 0 atom stereocenters. The molecule has 0 aliphatic carbocycles. The Bertz CT molecular complexity index is 346. The highest BCUT2D eigenvalue weighted by molar-refractivity contribution is 6.09. The minimum atomic E-state index is 0. The third kappa shape index (κ3) is 5.99. The van der Waals surface area contributed by atoms with Gasteiger partial charge in [0.1, 0.15) is 11.9 Å². The van der Waals surface area contributed by atoms with Crippen molar-refractivity contribution in [2.45, 2.75) is 52.4 Å². The summed E-state index contributed by atoms with van der Waals surface area (Å²) in [7, 11) is 0. The summed E-state index contributed by atoms with van der Waals surface area (Å²) in [4.78, 5) is 0. The van der Waals surface area contributed by atoms with E-state index in [1.54, 1.807) is 0 Å². The van der Waals surface area contributed by atoms with Crippen molar-refractivity contribution >= 4 is 49.1 Å². The molecule has 5 heteroatoms. The van der Waals surface area contributed by atoms with Gasteiger partial charge in [0.15, 0.2) is 5.75 Å². The summed E-state index contributed by atoms with van der Waals surface area (Å²) in [6, 6.07) is 6.22. The fraction of sp³-hybridized carbons (Fsp3) is 0.571. The zero-order valence-corrected chi connectivity index (χ0v) is 15.4. The van der Waals surface area contributed by atoms with Gasteiger partial charge >= 0.3 is 0 Å². The minimum Gasteiger partial charge on any atom is -0.385 e. The smallest absolute Gasteiger partial charge is 0.153 e. The Morgan fingerprint density at radius 1 is 0.789 bits per heavy atom. The van der Waals surface area contributed by atoms with Crippen molar-refractivity contribution in [1.82, 2.24) is 0 Å². The second kappa shape index (κ2) is 8.46. The molecule has 0 radical (unpaired) electrons. The molecule has 0 bridgehead atoms. The van der Waals surface area contributed by atoms with E-state index in [0.717, 1.165) is 16.9 Å². The lowest BCUT2D eigenvalue weighted by Crippen LogP contribution is -2.17. The summed E-state index contributed by atoms with van der Waals surface area (Å²) < 4.78 is 5.10. The van der Waals surface area contributed by atoms with Crippen molar-refractivity contribution in [3.05, 3.63) is 29.3 Å². The fourth-order valence-corrected chi connectivity index (χ4v) is 1.97. The molecule has 19 heavy (non-hydrogen) atoms. The van der Waals surface area contributed by atoms with Gasteiger partial charge in [-0.25, -0.2) is 0 Å². The van der Waals surface area contributed by atoms with E-state index in [1.165, 1.54) is 0 Å². The highest BCUT2D eigenvalue weighted by atomic mass is 35.5. The third-order valence-corrected chi connectivity index (χ3v) is 2.86. The quantitative estimate of drug-likeness (QED) is 0.596. The molecule has 0 saturated carbocycles. The fourth-order valence-electron chi connectivity index (χ4n) is 1.80. The molecule has 1 aromatic carbocycles. The summed E-state index contributed by atoms with van der Waals surface area (Å²) >= 11 is 5.65. The molecule has 0 aliphatic rings. The molecular formula is C14H24Cl4O. The molecule has 1 nitrogen and oxygen atoms in total. The zero-order chi connectivity index (χ0) is 12.6. The topological polar surface area (TPSA) is 9.23 Å². The first-order chi connectivity index (χ1) is 7.18. The van der Waals surface area contributed by atoms with E-state index in [4.69, 9.17) is 16.2 Å². The van der Waals surface area contributed by atoms with Crippen LogP contribution in [0, 0.1) is 0 Å². The Labute approximate surface area is 140 Å². The van der Waals surface area contributed by atoms with E-state index in [0.29, 0.717) is 0 Å². The molecule has 1 aromatic rings. The van der Waals surface area contributed by atoms with E-state index in [-0.39, 0.29) is 48.1 Å². The van der Waals surface area contributed by atoms with E-state index in [2.05, 4.69) is 59.7 Å². The lowest BCUT2D eigenvalue weighted by atomic mass is 9.80. The molecular weight excluding hydrogens is 326 g/mol. The summed E-state index contributed by atoms with van der Waals surface area (Å²) in [6.07, 6.45) is 0. The summed E-state index contributed by atoms with van der Waals surface area (Å²) in [5.41, 5.74) is 2.36.